The SMILES string of the molecule is CC1CCC(C)N(CCS(=O)(=O)c2ccc(CN)cc2)C1. The molecule has 1 aromatic rings. The standard InChI is InChI=1S/C16H26N2O2S/c1-13-3-4-14(2)18(12-13)9-10-21(19,20)16-7-5-15(11-17)6-8-16/h5-8,13-14H,3-4,9-12,17H2,1-2H3. The van der Waals surface area contributed by atoms with Crippen molar-refractivity contribution >= 4 is 9.84 Å². The summed E-state index contributed by atoms with van der Waals surface area (Å²) < 4.78 is 24.8. The van der Waals surface area contributed by atoms with Crippen molar-refractivity contribution in [2.45, 2.75) is 44.2 Å². The highest BCUT2D eigenvalue weighted by Crippen LogP contribution is 2.21. The van der Waals surface area contributed by atoms with Crippen molar-refractivity contribution in [1.29, 1.82) is 0 Å². The van der Waals surface area contributed by atoms with E-state index in [9.17, 15) is 8.42 Å². The summed E-state index contributed by atoms with van der Waals surface area (Å²) in [6, 6.07) is 7.40. The second kappa shape index (κ2) is 6.90. The molecular formula is C16H26N2O2S. The molecule has 2 unspecified atom stereocenters. The first-order valence-corrected chi connectivity index (χ1v) is 9.33. The van der Waals surface area contributed by atoms with Crippen LogP contribution in [0.2, 0.25) is 0 Å². The molecule has 1 heterocycles. The Kier molecular flexibility index (Phi) is 5.41. The van der Waals surface area contributed by atoms with E-state index in [1.165, 1.54) is 6.42 Å². The van der Waals surface area contributed by atoms with Crippen LogP contribution in [0.1, 0.15) is 32.3 Å². The highest BCUT2D eigenvalue weighted by molar-refractivity contribution is 7.91. The predicted octanol–water partition coefficient (Wildman–Crippen LogP) is 2.04. The van der Waals surface area contributed by atoms with Crippen molar-refractivity contribution in [2.75, 3.05) is 18.8 Å². The van der Waals surface area contributed by atoms with Gasteiger partial charge in [-0.3, -0.25) is 4.90 Å². The van der Waals surface area contributed by atoms with Crippen molar-refractivity contribution in [2.24, 2.45) is 11.7 Å². The third-order valence-corrected chi connectivity index (χ3v) is 6.12. The number of hydrogen-bond acceptors (Lipinski definition) is 4. The minimum Gasteiger partial charge on any atom is -0.326 e. The number of benzene rings is 1. The fraction of sp³-hybridized carbons (Fsp3) is 0.625. The first kappa shape index (κ1) is 16.5. The fourth-order valence-electron chi connectivity index (χ4n) is 2.88. The van der Waals surface area contributed by atoms with E-state index in [1.54, 1.807) is 24.3 Å². The van der Waals surface area contributed by atoms with Crippen molar-refractivity contribution in [3.63, 3.8) is 0 Å². The molecule has 2 rings (SSSR count). The molecule has 1 fully saturated rings. The van der Waals surface area contributed by atoms with Gasteiger partial charge in [0.15, 0.2) is 9.84 Å². The van der Waals surface area contributed by atoms with Crippen molar-refractivity contribution < 1.29 is 8.42 Å². The number of rotatable bonds is 5. The van der Waals surface area contributed by atoms with Crippen molar-refractivity contribution in [1.82, 2.24) is 4.90 Å². The summed E-state index contributed by atoms with van der Waals surface area (Å²) >= 11 is 0. The third kappa shape index (κ3) is 4.28. The van der Waals surface area contributed by atoms with Crippen LogP contribution in [0.25, 0.3) is 0 Å². The van der Waals surface area contributed by atoms with Crippen LogP contribution in [-0.2, 0) is 16.4 Å². The Bertz CT molecular complexity index is 554. The molecule has 0 aromatic heterocycles. The molecule has 21 heavy (non-hydrogen) atoms. The van der Waals surface area contributed by atoms with E-state index in [0.717, 1.165) is 18.5 Å². The maximum Gasteiger partial charge on any atom is 0.179 e. The molecule has 0 spiro atoms. The first-order chi connectivity index (χ1) is 9.92. The largest absolute Gasteiger partial charge is 0.326 e. The summed E-state index contributed by atoms with van der Waals surface area (Å²) in [6.45, 7) is 6.48. The lowest BCUT2D eigenvalue weighted by molar-refractivity contribution is 0.133. The lowest BCUT2D eigenvalue weighted by Gasteiger charge is -2.36. The highest BCUT2D eigenvalue weighted by atomic mass is 32.2. The highest BCUT2D eigenvalue weighted by Gasteiger charge is 2.24. The Morgan fingerprint density at radius 2 is 1.86 bits per heavy atom. The molecule has 118 valence electrons. The minimum absolute atomic E-state index is 0.187. The van der Waals surface area contributed by atoms with Gasteiger partial charge in [-0.15, -0.1) is 0 Å². The summed E-state index contributed by atoms with van der Waals surface area (Å²) in [5.41, 5.74) is 6.49. The van der Waals surface area contributed by atoms with Crippen LogP contribution in [-0.4, -0.2) is 38.2 Å². The third-order valence-electron chi connectivity index (χ3n) is 4.41. The van der Waals surface area contributed by atoms with Gasteiger partial charge in [0, 0.05) is 25.7 Å². The number of nitrogens with two attached hydrogens (primary N) is 1. The lowest BCUT2D eigenvalue weighted by atomic mass is 9.95. The van der Waals surface area contributed by atoms with E-state index < -0.39 is 9.84 Å². The molecule has 0 amide bonds. The van der Waals surface area contributed by atoms with Crippen molar-refractivity contribution in [3.8, 4) is 0 Å². The summed E-state index contributed by atoms with van der Waals surface area (Å²) in [5, 5.41) is 0. The van der Waals surface area contributed by atoms with Gasteiger partial charge in [-0.25, -0.2) is 8.42 Å². The summed E-state index contributed by atoms with van der Waals surface area (Å²) in [6.07, 6.45) is 2.40. The number of piperidine rings is 1. The zero-order valence-corrected chi connectivity index (χ0v) is 13.8. The fourth-order valence-corrected chi connectivity index (χ4v) is 4.14. The van der Waals surface area contributed by atoms with Gasteiger partial charge in [-0.2, -0.15) is 0 Å². The normalized spacial score (nSPS) is 24.1. The average molecular weight is 310 g/mol. The van der Waals surface area contributed by atoms with Crippen LogP contribution in [0.5, 0.6) is 0 Å². The predicted molar refractivity (Wildman–Crippen MR) is 85.8 cm³/mol. The molecule has 2 N–H and O–H groups in total. The summed E-state index contributed by atoms with van der Waals surface area (Å²) in [7, 11) is -3.21. The molecule has 0 aliphatic carbocycles. The van der Waals surface area contributed by atoms with Crippen LogP contribution in [0.3, 0.4) is 0 Å². The number of hydrogen-bond donors (Lipinski definition) is 1. The van der Waals surface area contributed by atoms with Gasteiger partial charge in [0.2, 0.25) is 0 Å². The minimum atomic E-state index is -3.21. The van der Waals surface area contributed by atoms with Gasteiger partial charge in [-0.1, -0.05) is 19.1 Å². The molecule has 5 heteroatoms. The second-order valence-corrected chi connectivity index (χ2v) is 8.30. The topological polar surface area (TPSA) is 63.4 Å². The average Bonchev–Trinajstić information content (AvgIpc) is 2.48. The van der Waals surface area contributed by atoms with E-state index in [-0.39, 0.29) is 5.75 Å². The second-order valence-electron chi connectivity index (χ2n) is 6.19. The molecule has 0 saturated carbocycles. The maximum atomic E-state index is 12.4. The van der Waals surface area contributed by atoms with Gasteiger partial charge in [0.25, 0.3) is 0 Å². The van der Waals surface area contributed by atoms with Crippen LogP contribution >= 0.6 is 0 Å². The lowest BCUT2D eigenvalue weighted by Crippen LogP contribution is -2.43. The van der Waals surface area contributed by atoms with Gasteiger partial charge in [0.05, 0.1) is 10.6 Å². The Hall–Kier alpha value is -0.910. The molecule has 2 atom stereocenters. The monoisotopic (exact) mass is 310 g/mol. The summed E-state index contributed by atoms with van der Waals surface area (Å²) in [4.78, 5) is 2.71. The number of sulfone groups is 1. The zero-order valence-electron chi connectivity index (χ0n) is 13.0. The zero-order chi connectivity index (χ0) is 15.5. The molecular weight excluding hydrogens is 284 g/mol. The van der Waals surface area contributed by atoms with Gasteiger partial charge >= 0.3 is 0 Å². The number of nitrogens with zero attached hydrogens (tertiary/aromatic N) is 1. The van der Waals surface area contributed by atoms with Gasteiger partial charge < -0.3 is 5.73 Å². The number of likely N-dealkylation sites (tertiary alicyclic amines) is 1. The first-order valence-electron chi connectivity index (χ1n) is 7.68. The van der Waals surface area contributed by atoms with Crippen LogP contribution in [0.4, 0.5) is 0 Å². The molecule has 1 saturated heterocycles. The van der Waals surface area contributed by atoms with Gasteiger partial charge in [-0.05, 0) is 43.4 Å². The summed E-state index contributed by atoms with van der Waals surface area (Å²) in [5.74, 6) is 0.846. The van der Waals surface area contributed by atoms with Gasteiger partial charge in [0.1, 0.15) is 0 Å². The molecule has 1 aliphatic heterocycles. The van der Waals surface area contributed by atoms with E-state index in [1.807, 2.05) is 0 Å². The van der Waals surface area contributed by atoms with E-state index in [2.05, 4.69) is 18.7 Å². The molecule has 0 radical (unpaired) electrons. The van der Waals surface area contributed by atoms with Crippen molar-refractivity contribution in [3.05, 3.63) is 29.8 Å². The molecule has 0 bridgehead atoms. The Balaban J connectivity index is 2.00. The molecule has 1 aromatic carbocycles. The Morgan fingerprint density at radius 3 is 2.48 bits per heavy atom. The quantitative estimate of drug-likeness (QED) is 0.904. The maximum absolute atomic E-state index is 12.4. The molecule has 1 aliphatic rings. The van der Waals surface area contributed by atoms with Crippen LogP contribution in [0, 0.1) is 5.92 Å². The van der Waals surface area contributed by atoms with E-state index in [4.69, 9.17) is 5.73 Å². The molecule has 4 nitrogen and oxygen atoms in total. The van der Waals surface area contributed by atoms with E-state index in [0.29, 0.717) is 29.9 Å². The Labute approximate surface area is 128 Å². The van der Waals surface area contributed by atoms with E-state index >= 15 is 0 Å². The van der Waals surface area contributed by atoms with Crippen LogP contribution < -0.4 is 5.73 Å². The van der Waals surface area contributed by atoms with Crippen LogP contribution in [0.15, 0.2) is 29.2 Å². The Morgan fingerprint density at radius 1 is 1.19 bits per heavy atom. The smallest absolute Gasteiger partial charge is 0.179 e.